The topological polar surface area (TPSA) is 71.3 Å². The molecule has 5 nitrogen and oxygen atoms in total. The zero-order valence-corrected chi connectivity index (χ0v) is 13.6. The second-order valence-electron chi connectivity index (χ2n) is 3.97. The highest BCUT2D eigenvalue weighted by molar-refractivity contribution is 9.10. The molecule has 0 aliphatic carbocycles. The van der Waals surface area contributed by atoms with E-state index in [1.54, 1.807) is 31.3 Å². The molecule has 8 heteroatoms. The summed E-state index contributed by atoms with van der Waals surface area (Å²) in [6.45, 7) is 0.431. The SMILES string of the molecule is CNCc1cc(S(=O)(=O)Nc2ccccc2Cl)c(Br)o1. The minimum atomic E-state index is -3.77. The zero-order valence-electron chi connectivity index (χ0n) is 10.5. The predicted octanol–water partition coefficient (Wildman–Crippen LogP) is 3.22. The minimum absolute atomic E-state index is 0.0302. The Labute approximate surface area is 130 Å². The number of para-hydroxylation sites is 1. The summed E-state index contributed by atoms with van der Waals surface area (Å²) in [4.78, 5) is 0.0302. The molecule has 2 N–H and O–H groups in total. The summed E-state index contributed by atoms with van der Waals surface area (Å²) in [6, 6.07) is 8.07. The maximum atomic E-state index is 12.3. The first-order chi connectivity index (χ1) is 9.44. The fourth-order valence-electron chi connectivity index (χ4n) is 1.59. The Morgan fingerprint density at radius 2 is 2.05 bits per heavy atom. The molecule has 108 valence electrons. The van der Waals surface area contributed by atoms with Crippen molar-refractivity contribution in [2.45, 2.75) is 11.4 Å². The van der Waals surface area contributed by atoms with Gasteiger partial charge in [-0.1, -0.05) is 23.7 Å². The van der Waals surface area contributed by atoms with Crippen LogP contribution < -0.4 is 10.0 Å². The number of sulfonamides is 1. The second kappa shape index (κ2) is 6.17. The van der Waals surface area contributed by atoms with E-state index in [4.69, 9.17) is 16.0 Å². The number of furan rings is 1. The lowest BCUT2D eigenvalue weighted by Crippen LogP contribution is -2.13. The molecule has 0 amide bonds. The smallest absolute Gasteiger partial charge is 0.266 e. The van der Waals surface area contributed by atoms with Gasteiger partial charge in [0.1, 0.15) is 10.7 Å². The van der Waals surface area contributed by atoms with Gasteiger partial charge in [0.05, 0.1) is 17.3 Å². The van der Waals surface area contributed by atoms with Crippen molar-refractivity contribution in [3.63, 3.8) is 0 Å². The summed E-state index contributed by atoms with van der Waals surface area (Å²) >= 11 is 9.05. The molecule has 0 aliphatic rings. The van der Waals surface area contributed by atoms with Crippen LogP contribution in [-0.2, 0) is 16.6 Å². The third kappa shape index (κ3) is 3.35. The summed E-state index contributed by atoms with van der Waals surface area (Å²) in [5, 5.41) is 3.21. The largest absolute Gasteiger partial charge is 0.451 e. The predicted molar refractivity (Wildman–Crippen MR) is 81.4 cm³/mol. The van der Waals surface area contributed by atoms with Gasteiger partial charge in [0, 0.05) is 6.07 Å². The Bertz CT molecular complexity index is 715. The molecule has 0 saturated carbocycles. The quantitative estimate of drug-likeness (QED) is 0.837. The second-order valence-corrected chi connectivity index (χ2v) is 6.74. The van der Waals surface area contributed by atoms with E-state index in [1.165, 1.54) is 6.07 Å². The molecular formula is C12H12BrClN2O3S. The van der Waals surface area contributed by atoms with E-state index in [0.717, 1.165) is 0 Å². The van der Waals surface area contributed by atoms with Crippen LogP contribution in [0.4, 0.5) is 5.69 Å². The molecule has 0 spiro atoms. The summed E-state index contributed by atoms with van der Waals surface area (Å²) in [7, 11) is -2.02. The minimum Gasteiger partial charge on any atom is -0.451 e. The lowest BCUT2D eigenvalue weighted by Gasteiger charge is -2.07. The van der Waals surface area contributed by atoms with E-state index in [2.05, 4.69) is 26.0 Å². The molecule has 0 aliphatic heterocycles. The molecule has 0 bridgehead atoms. The fraction of sp³-hybridized carbons (Fsp3) is 0.167. The standard InChI is InChI=1S/C12H12BrClN2O3S/c1-15-7-8-6-11(12(13)19-8)20(17,18)16-10-5-3-2-4-9(10)14/h2-6,15-16H,7H2,1H3. The van der Waals surface area contributed by atoms with Crippen molar-refractivity contribution in [3.8, 4) is 0 Å². The summed E-state index contributed by atoms with van der Waals surface area (Å²) in [5.74, 6) is 0.513. The van der Waals surface area contributed by atoms with E-state index in [1.807, 2.05) is 0 Å². The molecule has 0 unspecified atom stereocenters. The molecular weight excluding hydrogens is 368 g/mol. The van der Waals surface area contributed by atoms with Gasteiger partial charge in [-0.2, -0.15) is 0 Å². The van der Waals surface area contributed by atoms with E-state index < -0.39 is 10.0 Å². The van der Waals surface area contributed by atoms with Crippen LogP contribution in [-0.4, -0.2) is 15.5 Å². The van der Waals surface area contributed by atoms with Gasteiger partial charge in [0.15, 0.2) is 4.67 Å². The first kappa shape index (κ1) is 15.4. The summed E-state index contributed by atoms with van der Waals surface area (Å²) in [5.41, 5.74) is 0.317. The van der Waals surface area contributed by atoms with Crippen LogP contribution in [0.25, 0.3) is 0 Å². The Kier molecular flexibility index (Phi) is 4.74. The number of rotatable bonds is 5. The van der Waals surface area contributed by atoms with Gasteiger partial charge < -0.3 is 9.73 Å². The fourth-order valence-corrected chi connectivity index (χ4v) is 3.90. The Morgan fingerprint density at radius 3 is 2.70 bits per heavy atom. The molecule has 1 heterocycles. The number of halogens is 2. The molecule has 20 heavy (non-hydrogen) atoms. The number of nitrogens with one attached hydrogen (secondary N) is 2. The molecule has 1 aromatic heterocycles. The zero-order chi connectivity index (χ0) is 14.8. The van der Waals surface area contributed by atoms with Crippen molar-refractivity contribution in [1.82, 2.24) is 5.32 Å². The molecule has 1 aromatic carbocycles. The molecule has 0 saturated heterocycles. The molecule has 0 fully saturated rings. The van der Waals surface area contributed by atoms with Crippen molar-refractivity contribution in [3.05, 3.63) is 45.8 Å². The van der Waals surface area contributed by atoms with E-state index in [-0.39, 0.29) is 9.56 Å². The highest BCUT2D eigenvalue weighted by atomic mass is 79.9. The Balaban J connectivity index is 2.33. The molecule has 0 atom stereocenters. The first-order valence-electron chi connectivity index (χ1n) is 5.64. The van der Waals surface area contributed by atoms with E-state index in [9.17, 15) is 8.42 Å². The van der Waals surface area contributed by atoms with Crippen molar-refractivity contribution < 1.29 is 12.8 Å². The van der Waals surface area contributed by atoms with Crippen LogP contribution in [0, 0.1) is 0 Å². The monoisotopic (exact) mass is 378 g/mol. The van der Waals surface area contributed by atoms with Crippen LogP contribution in [0.3, 0.4) is 0 Å². The van der Waals surface area contributed by atoms with Crippen molar-refractivity contribution in [2.24, 2.45) is 0 Å². The highest BCUT2D eigenvalue weighted by Gasteiger charge is 2.23. The molecule has 2 aromatic rings. The maximum Gasteiger partial charge on any atom is 0.266 e. The van der Waals surface area contributed by atoms with Crippen LogP contribution in [0.15, 0.2) is 44.3 Å². The maximum absolute atomic E-state index is 12.3. The molecule has 2 rings (SSSR count). The highest BCUT2D eigenvalue weighted by Crippen LogP contribution is 2.29. The van der Waals surface area contributed by atoms with Gasteiger partial charge in [0.2, 0.25) is 0 Å². The van der Waals surface area contributed by atoms with Gasteiger partial charge >= 0.3 is 0 Å². The number of hydrogen-bond donors (Lipinski definition) is 2. The third-order valence-corrected chi connectivity index (χ3v) is 5.02. The van der Waals surface area contributed by atoms with Crippen molar-refractivity contribution >= 4 is 43.2 Å². The average molecular weight is 380 g/mol. The molecule has 0 radical (unpaired) electrons. The Hall–Kier alpha value is -1.02. The number of benzene rings is 1. The van der Waals surface area contributed by atoms with Crippen molar-refractivity contribution in [1.29, 1.82) is 0 Å². The first-order valence-corrected chi connectivity index (χ1v) is 8.29. The van der Waals surface area contributed by atoms with E-state index >= 15 is 0 Å². The van der Waals surface area contributed by atoms with Gasteiger partial charge in [-0.3, -0.25) is 4.72 Å². The lowest BCUT2D eigenvalue weighted by atomic mass is 10.3. The van der Waals surface area contributed by atoms with Gasteiger partial charge in [-0.15, -0.1) is 0 Å². The van der Waals surface area contributed by atoms with Crippen LogP contribution in [0.2, 0.25) is 5.02 Å². The van der Waals surface area contributed by atoms with Gasteiger partial charge in [-0.05, 0) is 35.1 Å². The Morgan fingerprint density at radius 1 is 1.35 bits per heavy atom. The van der Waals surface area contributed by atoms with E-state index in [0.29, 0.717) is 23.0 Å². The third-order valence-electron chi connectivity index (χ3n) is 2.47. The number of anilines is 1. The summed E-state index contributed by atoms with van der Waals surface area (Å²) in [6.07, 6.45) is 0. The van der Waals surface area contributed by atoms with Crippen molar-refractivity contribution in [2.75, 3.05) is 11.8 Å². The normalized spacial score (nSPS) is 11.6. The van der Waals surface area contributed by atoms with Gasteiger partial charge in [0.25, 0.3) is 10.0 Å². The average Bonchev–Trinajstić information content (AvgIpc) is 2.74. The van der Waals surface area contributed by atoms with Gasteiger partial charge in [-0.25, -0.2) is 8.42 Å². The number of hydrogen-bond acceptors (Lipinski definition) is 4. The lowest BCUT2D eigenvalue weighted by molar-refractivity contribution is 0.470. The summed E-state index contributed by atoms with van der Waals surface area (Å²) < 4.78 is 32.5. The van der Waals surface area contributed by atoms with Crippen LogP contribution in [0.5, 0.6) is 0 Å². The van der Waals surface area contributed by atoms with Crippen LogP contribution in [0.1, 0.15) is 5.76 Å². The van der Waals surface area contributed by atoms with Crippen LogP contribution >= 0.6 is 27.5 Å².